The van der Waals surface area contributed by atoms with Crippen molar-refractivity contribution in [3.05, 3.63) is 75.3 Å². The number of nitrogens with zero attached hydrogens (tertiary/aromatic N) is 3. The van der Waals surface area contributed by atoms with Gasteiger partial charge in [0, 0.05) is 12.0 Å². The summed E-state index contributed by atoms with van der Waals surface area (Å²) < 4.78 is 5.76. The second-order valence-electron chi connectivity index (χ2n) is 9.05. The molecular formula is C26H25N3O4S. The van der Waals surface area contributed by atoms with Crippen LogP contribution < -0.4 is 9.64 Å². The molecule has 1 N–H and O–H groups in total. The minimum Gasteiger partial charge on any atom is -0.507 e. The maximum absolute atomic E-state index is 13.3. The fraction of sp³-hybridized carbons (Fsp3) is 0.308. The van der Waals surface area contributed by atoms with Crippen molar-refractivity contribution in [1.29, 1.82) is 0 Å². The van der Waals surface area contributed by atoms with Gasteiger partial charge in [0.2, 0.25) is 5.13 Å². The first-order valence-electron chi connectivity index (χ1n) is 11.3. The number of hydrogen-bond donors (Lipinski definition) is 1. The summed E-state index contributed by atoms with van der Waals surface area (Å²) in [6, 6.07) is 12.3. The van der Waals surface area contributed by atoms with Crippen LogP contribution in [0.4, 0.5) is 5.13 Å². The lowest BCUT2D eigenvalue weighted by Gasteiger charge is -2.23. The Kier molecular flexibility index (Phi) is 5.48. The van der Waals surface area contributed by atoms with Crippen molar-refractivity contribution in [1.82, 2.24) is 10.2 Å². The van der Waals surface area contributed by atoms with E-state index < -0.39 is 17.7 Å². The lowest BCUT2D eigenvalue weighted by Crippen LogP contribution is -2.29. The highest BCUT2D eigenvalue weighted by Gasteiger charge is 2.48. The molecule has 7 nitrogen and oxygen atoms in total. The minimum absolute atomic E-state index is 0.0436. The molecule has 1 aromatic heterocycles. The molecule has 2 atom stereocenters. The van der Waals surface area contributed by atoms with Gasteiger partial charge in [-0.25, -0.2) is 0 Å². The summed E-state index contributed by atoms with van der Waals surface area (Å²) in [6.07, 6.45) is 0.771. The van der Waals surface area contributed by atoms with E-state index in [1.165, 1.54) is 16.2 Å². The molecule has 0 spiro atoms. The number of Topliss-reactive ketones (excluding diaryl/α,β-unsaturated/α-hetero) is 1. The summed E-state index contributed by atoms with van der Waals surface area (Å²) in [5, 5.41) is 20.5. The Hall–Kier alpha value is -3.52. The maximum atomic E-state index is 13.3. The molecule has 3 heterocycles. The van der Waals surface area contributed by atoms with E-state index in [2.05, 4.69) is 24.0 Å². The molecule has 0 aliphatic carbocycles. The van der Waals surface area contributed by atoms with Crippen LogP contribution in [0.5, 0.6) is 5.75 Å². The number of hydrogen-bond acceptors (Lipinski definition) is 7. The lowest BCUT2D eigenvalue weighted by atomic mass is 9.93. The highest BCUT2D eigenvalue weighted by Crippen LogP contribution is 2.43. The predicted molar refractivity (Wildman–Crippen MR) is 130 cm³/mol. The summed E-state index contributed by atoms with van der Waals surface area (Å²) >= 11 is 1.23. The van der Waals surface area contributed by atoms with Crippen LogP contribution in [0.3, 0.4) is 0 Å². The largest absolute Gasteiger partial charge is 0.507 e. The number of aliphatic hydroxyl groups is 1. The van der Waals surface area contributed by atoms with E-state index >= 15 is 0 Å². The third kappa shape index (κ3) is 3.68. The van der Waals surface area contributed by atoms with Crippen LogP contribution in [0, 0.1) is 6.92 Å². The molecule has 174 valence electrons. The first-order valence-corrected chi connectivity index (χ1v) is 12.1. The molecule has 0 unspecified atom stereocenters. The van der Waals surface area contributed by atoms with Crippen molar-refractivity contribution in [3.8, 4) is 5.75 Å². The highest BCUT2D eigenvalue weighted by atomic mass is 32.1. The standard InChI is InChI=1S/C26H25N3O4S/c1-13(2)16-5-7-17(8-6-16)22-21(24(31)25(32)29(22)26-28-27-15(4)34-26)23(30)18-9-10-20-19(12-18)11-14(3)33-20/h5-10,12-14,22,30H,11H2,1-4H3/t14-,22+/m0/s1. The van der Waals surface area contributed by atoms with E-state index in [-0.39, 0.29) is 17.4 Å². The molecule has 8 heteroatoms. The molecule has 0 saturated carbocycles. The Morgan fingerprint density at radius 3 is 2.53 bits per heavy atom. The van der Waals surface area contributed by atoms with E-state index in [4.69, 9.17) is 4.74 Å². The average molecular weight is 476 g/mol. The van der Waals surface area contributed by atoms with Crippen LogP contribution in [0.15, 0.2) is 48.0 Å². The van der Waals surface area contributed by atoms with Gasteiger partial charge in [-0.15, -0.1) is 10.2 Å². The van der Waals surface area contributed by atoms with Crippen LogP contribution in [0.1, 0.15) is 60.0 Å². The van der Waals surface area contributed by atoms with Crippen LogP contribution in [0.25, 0.3) is 5.76 Å². The molecular weight excluding hydrogens is 450 g/mol. The topological polar surface area (TPSA) is 92.6 Å². The first-order chi connectivity index (χ1) is 16.2. The van der Waals surface area contributed by atoms with Gasteiger partial charge in [-0.3, -0.25) is 14.5 Å². The molecule has 5 rings (SSSR count). The monoisotopic (exact) mass is 475 g/mol. The van der Waals surface area contributed by atoms with Gasteiger partial charge >= 0.3 is 5.91 Å². The highest BCUT2D eigenvalue weighted by molar-refractivity contribution is 7.15. The predicted octanol–water partition coefficient (Wildman–Crippen LogP) is 4.92. The number of aryl methyl sites for hydroxylation is 1. The number of ketones is 1. The summed E-state index contributed by atoms with van der Waals surface area (Å²) in [6.45, 7) is 7.97. The Bertz CT molecular complexity index is 1330. The van der Waals surface area contributed by atoms with Gasteiger partial charge in [0.1, 0.15) is 22.6 Å². The molecule has 0 radical (unpaired) electrons. The van der Waals surface area contributed by atoms with E-state index in [1.54, 1.807) is 19.1 Å². The number of anilines is 1. The molecule has 2 aliphatic rings. The number of ether oxygens (including phenoxy) is 1. The zero-order chi connectivity index (χ0) is 24.1. The second kappa shape index (κ2) is 8.36. The Morgan fingerprint density at radius 1 is 1.15 bits per heavy atom. The van der Waals surface area contributed by atoms with Gasteiger partial charge in [-0.05, 0) is 54.7 Å². The van der Waals surface area contributed by atoms with Crippen molar-refractivity contribution in [2.75, 3.05) is 4.90 Å². The Morgan fingerprint density at radius 2 is 1.88 bits per heavy atom. The molecule has 1 saturated heterocycles. The van der Waals surface area contributed by atoms with Crippen LogP contribution >= 0.6 is 11.3 Å². The smallest absolute Gasteiger partial charge is 0.301 e. The molecule has 3 aromatic rings. The third-order valence-electron chi connectivity index (χ3n) is 6.25. The van der Waals surface area contributed by atoms with Crippen LogP contribution in [-0.2, 0) is 16.0 Å². The minimum atomic E-state index is -0.808. The van der Waals surface area contributed by atoms with Crippen molar-refractivity contribution in [2.24, 2.45) is 0 Å². The van der Waals surface area contributed by atoms with E-state index in [0.29, 0.717) is 21.6 Å². The second-order valence-corrected chi connectivity index (χ2v) is 10.2. The molecule has 2 aliphatic heterocycles. The summed E-state index contributed by atoms with van der Waals surface area (Å²) in [5.74, 6) is -0.568. The van der Waals surface area contributed by atoms with E-state index in [9.17, 15) is 14.7 Å². The fourth-order valence-corrected chi connectivity index (χ4v) is 5.23. The fourth-order valence-electron chi connectivity index (χ4n) is 4.52. The van der Waals surface area contributed by atoms with E-state index in [1.807, 2.05) is 37.3 Å². The van der Waals surface area contributed by atoms with Crippen molar-refractivity contribution in [2.45, 2.75) is 52.2 Å². The van der Waals surface area contributed by atoms with Crippen LogP contribution in [-0.4, -0.2) is 33.1 Å². The number of aliphatic hydroxyl groups excluding tert-OH is 1. The van der Waals surface area contributed by atoms with Gasteiger partial charge < -0.3 is 9.84 Å². The number of carbonyl (C=O) groups is 2. The summed E-state index contributed by atoms with van der Waals surface area (Å²) in [5.41, 5.74) is 3.34. The zero-order valence-corrected chi connectivity index (χ0v) is 20.2. The number of amides is 1. The van der Waals surface area contributed by atoms with Gasteiger partial charge in [0.05, 0.1) is 11.6 Å². The van der Waals surface area contributed by atoms with E-state index in [0.717, 1.165) is 28.9 Å². The lowest BCUT2D eigenvalue weighted by molar-refractivity contribution is -0.132. The maximum Gasteiger partial charge on any atom is 0.301 e. The number of fused-ring (bicyclic) bond motifs is 1. The van der Waals surface area contributed by atoms with Gasteiger partial charge in [0.25, 0.3) is 5.78 Å². The first kappa shape index (κ1) is 22.3. The van der Waals surface area contributed by atoms with Gasteiger partial charge in [-0.2, -0.15) is 0 Å². The quantitative estimate of drug-likeness (QED) is 0.327. The van der Waals surface area contributed by atoms with Gasteiger partial charge in [-0.1, -0.05) is 49.4 Å². The Balaban J connectivity index is 1.67. The number of rotatable bonds is 4. The molecule has 0 bridgehead atoms. The molecule has 34 heavy (non-hydrogen) atoms. The molecule has 1 amide bonds. The number of carbonyl (C=O) groups excluding carboxylic acids is 2. The summed E-state index contributed by atoms with van der Waals surface area (Å²) in [7, 11) is 0. The van der Waals surface area contributed by atoms with Crippen LogP contribution in [0.2, 0.25) is 0 Å². The Labute approximate surface area is 201 Å². The van der Waals surface area contributed by atoms with Gasteiger partial charge in [0.15, 0.2) is 0 Å². The van der Waals surface area contributed by atoms with Crippen molar-refractivity contribution in [3.63, 3.8) is 0 Å². The summed E-state index contributed by atoms with van der Waals surface area (Å²) in [4.78, 5) is 27.8. The zero-order valence-electron chi connectivity index (χ0n) is 19.4. The van der Waals surface area contributed by atoms with Crippen molar-refractivity contribution < 1.29 is 19.4 Å². The molecule has 1 fully saturated rings. The van der Waals surface area contributed by atoms with Crippen molar-refractivity contribution >= 4 is 33.9 Å². The average Bonchev–Trinajstić information content (AvgIpc) is 3.48. The number of aromatic nitrogens is 2. The SMILES string of the molecule is Cc1nnc(N2C(=O)C(=O)C(=C(O)c3ccc4c(c3)C[C@H](C)O4)[C@H]2c2ccc(C(C)C)cc2)s1. The number of benzene rings is 2. The third-order valence-corrected chi connectivity index (χ3v) is 7.09. The molecule has 2 aromatic carbocycles. The normalized spacial score (nSPS) is 21.3.